The molecule has 4 N–H and O–H groups in total. The number of ether oxygens (including phenoxy) is 2. The molecule has 0 saturated carbocycles. The Kier molecular flexibility index (Phi) is 6.06. The van der Waals surface area contributed by atoms with Gasteiger partial charge in [0.1, 0.15) is 30.1 Å². The lowest BCUT2D eigenvalue weighted by atomic mass is 10.0. The average molecular weight is 443 g/mol. The SMILES string of the molecule is N#Cc1ccc(-c2cncc(O[C@@H]3OC(S(=O)(=O)O)[C@@H](O)[C@H](O)[C@H]3O)c2)cc1Cl. The third kappa shape index (κ3) is 4.49. The Morgan fingerprint density at radius 2 is 1.83 bits per heavy atom. The summed E-state index contributed by atoms with van der Waals surface area (Å²) in [6, 6.07) is 8.11. The van der Waals surface area contributed by atoms with Crippen LogP contribution in [0.2, 0.25) is 5.02 Å². The zero-order chi connectivity index (χ0) is 21.3. The minimum Gasteiger partial charge on any atom is -0.460 e. The van der Waals surface area contributed by atoms with E-state index in [1.54, 1.807) is 12.1 Å². The van der Waals surface area contributed by atoms with Gasteiger partial charge in [-0.1, -0.05) is 17.7 Å². The van der Waals surface area contributed by atoms with E-state index in [1.807, 2.05) is 6.07 Å². The molecule has 10 nitrogen and oxygen atoms in total. The quantitative estimate of drug-likeness (QED) is 0.483. The fourth-order valence-electron chi connectivity index (χ4n) is 2.72. The second-order valence-corrected chi connectivity index (χ2v) is 8.09. The van der Waals surface area contributed by atoms with Gasteiger partial charge in [0.05, 0.1) is 16.8 Å². The summed E-state index contributed by atoms with van der Waals surface area (Å²) in [6.07, 6.45) is -4.84. The van der Waals surface area contributed by atoms with Crippen LogP contribution in [0.25, 0.3) is 11.1 Å². The molecule has 1 aromatic carbocycles. The summed E-state index contributed by atoms with van der Waals surface area (Å²) in [5.74, 6) is 0.0321. The van der Waals surface area contributed by atoms with Crippen molar-refractivity contribution >= 4 is 21.7 Å². The van der Waals surface area contributed by atoms with Gasteiger partial charge in [0, 0.05) is 11.8 Å². The Hall–Kier alpha value is -2.30. The highest BCUT2D eigenvalue weighted by Crippen LogP contribution is 2.30. The molecule has 0 bridgehead atoms. The van der Waals surface area contributed by atoms with Crippen LogP contribution in [0.1, 0.15) is 5.56 Å². The van der Waals surface area contributed by atoms with Gasteiger partial charge < -0.3 is 24.8 Å². The van der Waals surface area contributed by atoms with Crippen molar-refractivity contribution in [3.05, 3.63) is 47.2 Å². The predicted molar refractivity (Wildman–Crippen MR) is 98.3 cm³/mol. The van der Waals surface area contributed by atoms with E-state index in [-0.39, 0.29) is 10.8 Å². The molecule has 0 amide bonds. The van der Waals surface area contributed by atoms with Crippen LogP contribution >= 0.6 is 11.6 Å². The Morgan fingerprint density at radius 1 is 1.10 bits per heavy atom. The molecule has 2 aromatic rings. The topological polar surface area (TPSA) is 170 Å². The second kappa shape index (κ2) is 8.21. The van der Waals surface area contributed by atoms with Gasteiger partial charge in [0.2, 0.25) is 11.7 Å². The van der Waals surface area contributed by atoms with Crippen LogP contribution in [-0.2, 0) is 14.9 Å². The first-order valence-electron chi connectivity index (χ1n) is 8.09. The summed E-state index contributed by atoms with van der Waals surface area (Å²) >= 11 is 6.02. The van der Waals surface area contributed by atoms with Crippen LogP contribution in [-0.4, -0.2) is 63.3 Å². The van der Waals surface area contributed by atoms with E-state index in [1.165, 1.54) is 24.5 Å². The first-order chi connectivity index (χ1) is 13.6. The van der Waals surface area contributed by atoms with Crippen LogP contribution in [0, 0.1) is 11.3 Å². The number of hydrogen-bond donors (Lipinski definition) is 4. The number of hydrogen-bond acceptors (Lipinski definition) is 9. The molecule has 0 aliphatic carbocycles. The smallest absolute Gasteiger partial charge is 0.295 e. The van der Waals surface area contributed by atoms with Crippen molar-refractivity contribution < 1.29 is 37.8 Å². The molecule has 29 heavy (non-hydrogen) atoms. The molecular formula is C17H15ClN2O8S. The third-order valence-corrected chi connectivity index (χ3v) is 5.50. The van der Waals surface area contributed by atoms with E-state index in [2.05, 4.69) is 4.98 Å². The highest BCUT2D eigenvalue weighted by Gasteiger charge is 2.50. The third-order valence-electron chi connectivity index (χ3n) is 4.21. The minimum absolute atomic E-state index is 0.0321. The lowest BCUT2D eigenvalue weighted by molar-refractivity contribution is -0.254. The van der Waals surface area contributed by atoms with Crippen LogP contribution in [0.3, 0.4) is 0 Å². The highest BCUT2D eigenvalue weighted by molar-refractivity contribution is 7.86. The molecule has 1 aliphatic heterocycles. The fourth-order valence-corrected chi connectivity index (χ4v) is 3.71. The van der Waals surface area contributed by atoms with E-state index >= 15 is 0 Å². The lowest BCUT2D eigenvalue weighted by Crippen LogP contribution is -2.61. The number of aliphatic hydroxyl groups is 3. The molecule has 1 fully saturated rings. The average Bonchev–Trinajstić information content (AvgIpc) is 2.67. The van der Waals surface area contributed by atoms with E-state index in [0.29, 0.717) is 16.7 Å². The normalized spacial score (nSPS) is 27.2. The summed E-state index contributed by atoms with van der Waals surface area (Å²) < 4.78 is 42.2. The molecule has 0 spiro atoms. The molecule has 12 heteroatoms. The summed E-state index contributed by atoms with van der Waals surface area (Å²) in [4.78, 5) is 3.98. The number of rotatable bonds is 4. The minimum atomic E-state index is -4.90. The van der Waals surface area contributed by atoms with Gasteiger partial charge in [0.25, 0.3) is 10.1 Å². The summed E-state index contributed by atoms with van der Waals surface area (Å²) in [5.41, 5.74) is -0.799. The first-order valence-corrected chi connectivity index (χ1v) is 9.97. The van der Waals surface area contributed by atoms with E-state index < -0.39 is 40.2 Å². The molecule has 3 rings (SSSR count). The summed E-state index contributed by atoms with van der Waals surface area (Å²) in [5, 5.41) is 38.8. The molecule has 1 aromatic heterocycles. The van der Waals surface area contributed by atoms with Gasteiger partial charge in [-0.15, -0.1) is 0 Å². The van der Waals surface area contributed by atoms with E-state index in [9.17, 15) is 23.7 Å². The molecule has 5 atom stereocenters. The molecule has 1 saturated heterocycles. The number of benzene rings is 1. The largest absolute Gasteiger partial charge is 0.460 e. The molecule has 0 radical (unpaired) electrons. The number of pyridine rings is 1. The number of nitrogens with zero attached hydrogens (tertiary/aromatic N) is 2. The number of halogens is 1. The maximum atomic E-state index is 11.3. The fraction of sp³-hybridized carbons (Fsp3) is 0.294. The van der Waals surface area contributed by atoms with Gasteiger partial charge in [-0.3, -0.25) is 9.54 Å². The van der Waals surface area contributed by atoms with Crippen molar-refractivity contribution in [2.24, 2.45) is 0 Å². The molecule has 1 aliphatic rings. The van der Waals surface area contributed by atoms with Crippen molar-refractivity contribution in [2.45, 2.75) is 30.0 Å². The Balaban J connectivity index is 1.86. The number of aromatic nitrogens is 1. The lowest BCUT2D eigenvalue weighted by Gasteiger charge is -2.38. The van der Waals surface area contributed by atoms with Crippen LogP contribution in [0.4, 0.5) is 0 Å². The Labute approximate surface area is 170 Å². The van der Waals surface area contributed by atoms with Crippen molar-refractivity contribution in [1.82, 2.24) is 4.98 Å². The Bertz CT molecular complexity index is 1060. The maximum absolute atomic E-state index is 11.3. The van der Waals surface area contributed by atoms with Crippen molar-refractivity contribution in [2.75, 3.05) is 0 Å². The molecule has 2 heterocycles. The first kappa shape index (κ1) is 21.4. The second-order valence-electron chi connectivity index (χ2n) is 6.19. The maximum Gasteiger partial charge on any atom is 0.295 e. The highest BCUT2D eigenvalue weighted by atomic mass is 35.5. The summed E-state index contributed by atoms with van der Waals surface area (Å²) in [6.45, 7) is 0. The number of aliphatic hydroxyl groups excluding tert-OH is 3. The Morgan fingerprint density at radius 3 is 2.45 bits per heavy atom. The zero-order valence-electron chi connectivity index (χ0n) is 14.5. The zero-order valence-corrected chi connectivity index (χ0v) is 16.0. The monoisotopic (exact) mass is 442 g/mol. The van der Waals surface area contributed by atoms with Crippen LogP contribution in [0.5, 0.6) is 5.75 Å². The van der Waals surface area contributed by atoms with Crippen molar-refractivity contribution in [1.29, 1.82) is 5.26 Å². The van der Waals surface area contributed by atoms with Gasteiger partial charge >= 0.3 is 0 Å². The van der Waals surface area contributed by atoms with Crippen LogP contribution < -0.4 is 4.74 Å². The summed E-state index contributed by atoms with van der Waals surface area (Å²) in [7, 11) is -4.90. The van der Waals surface area contributed by atoms with Crippen molar-refractivity contribution in [3.8, 4) is 22.9 Å². The van der Waals surface area contributed by atoms with E-state index in [4.69, 9.17) is 30.9 Å². The van der Waals surface area contributed by atoms with Gasteiger partial charge in [-0.25, -0.2) is 0 Å². The van der Waals surface area contributed by atoms with Crippen LogP contribution in [0.15, 0.2) is 36.7 Å². The molecule has 154 valence electrons. The molecular weight excluding hydrogens is 428 g/mol. The molecule has 1 unspecified atom stereocenters. The van der Waals surface area contributed by atoms with Gasteiger partial charge in [-0.05, 0) is 23.8 Å². The van der Waals surface area contributed by atoms with E-state index in [0.717, 1.165) is 0 Å². The van der Waals surface area contributed by atoms with Crippen molar-refractivity contribution in [3.63, 3.8) is 0 Å². The van der Waals surface area contributed by atoms with Gasteiger partial charge in [0.15, 0.2) is 0 Å². The van der Waals surface area contributed by atoms with Gasteiger partial charge in [-0.2, -0.15) is 13.7 Å². The standard InChI is InChI=1S/C17H15ClN2O8S/c18-12-4-8(1-2-9(12)5-19)10-3-11(7-20-6-10)27-16-14(22)13(21)15(23)17(28-16)29(24,25)26/h1-4,6-7,13-17,21-23H,(H,24,25,26)/t13-,14-,15+,16-,17?/m1/s1. The number of nitriles is 1. The predicted octanol–water partition coefficient (Wildman–Crippen LogP) is 0.305.